The quantitative estimate of drug-likeness (QED) is 0.529. The van der Waals surface area contributed by atoms with Crippen molar-refractivity contribution in [2.24, 2.45) is 0 Å². The lowest BCUT2D eigenvalue weighted by Gasteiger charge is -2.10. The van der Waals surface area contributed by atoms with Crippen LogP contribution >= 0.6 is 15.9 Å². The van der Waals surface area contributed by atoms with Gasteiger partial charge in [-0.25, -0.2) is 0 Å². The second kappa shape index (κ2) is 6.26. The van der Waals surface area contributed by atoms with Gasteiger partial charge < -0.3 is 11.5 Å². The number of halogens is 1. The smallest absolute Gasteiger partial charge is 0.193 e. The van der Waals surface area contributed by atoms with Crippen molar-refractivity contribution in [3.63, 3.8) is 0 Å². The van der Waals surface area contributed by atoms with Gasteiger partial charge in [0.15, 0.2) is 5.78 Å². The zero-order chi connectivity index (χ0) is 16.4. The molecule has 0 atom stereocenters. The highest BCUT2D eigenvalue weighted by molar-refractivity contribution is 9.10. The van der Waals surface area contributed by atoms with Crippen molar-refractivity contribution in [1.29, 1.82) is 0 Å². The van der Waals surface area contributed by atoms with E-state index in [0.29, 0.717) is 22.5 Å². The molecule has 0 aliphatic carbocycles. The third-order valence-electron chi connectivity index (χ3n) is 3.66. The largest absolute Gasteiger partial charge is 0.399 e. The minimum atomic E-state index is -0.0338. The molecule has 0 bridgehead atoms. The molecule has 114 valence electrons. The van der Waals surface area contributed by atoms with Gasteiger partial charge in [-0.1, -0.05) is 30.3 Å². The van der Waals surface area contributed by atoms with Crippen molar-refractivity contribution in [3.05, 3.63) is 82.3 Å². The third kappa shape index (κ3) is 3.12. The van der Waals surface area contributed by atoms with Gasteiger partial charge in [0.25, 0.3) is 0 Å². The molecular formula is C19H15BrN2O. The van der Waals surface area contributed by atoms with Gasteiger partial charge in [-0.05, 0) is 63.5 Å². The van der Waals surface area contributed by atoms with Crippen molar-refractivity contribution in [2.75, 3.05) is 11.5 Å². The third-order valence-corrected chi connectivity index (χ3v) is 4.34. The van der Waals surface area contributed by atoms with Gasteiger partial charge in [-0.3, -0.25) is 4.79 Å². The normalized spacial score (nSPS) is 10.5. The van der Waals surface area contributed by atoms with Crippen LogP contribution in [0.15, 0.2) is 71.2 Å². The van der Waals surface area contributed by atoms with Crippen LogP contribution in [-0.2, 0) is 0 Å². The number of benzene rings is 3. The Balaban J connectivity index is 2.08. The monoisotopic (exact) mass is 366 g/mol. The molecule has 0 saturated heterocycles. The van der Waals surface area contributed by atoms with Gasteiger partial charge in [0.2, 0.25) is 0 Å². The van der Waals surface area contributed by atoms with E-state index in [4.69, 9.17) is 11.5 Å². The molecule has 4 heteroatoms. The average Bonchev–Trinajstić information content (AvgIpc) is 2.57. The van der Waals surface area contributed by atoms with Crippen molar-refractivity contribution < 1.29 is 4.79 Å². The average molecular weight is 367 g/mol. The summed E-state index contributed by atoms with van der Waals surface area (Å²) in [5.74, 6) is -0.0338. The highest BCUT2D eigenvalue weighted by atomic mass is 79.9. The molecule has 0 amide bonds. The summed E-state index contributed by atoms with van der Waals surface area (Å²) >= 11 is 3.43. The molecule has 23 heavy (non-hydrogen) atoms. The summed E-state index contributed by atoms with van der Waals surface area (Å²) in [5, 5.41) is 0. The Morgan fingerprint density at radius 1 is 0.870 bits per heavy atom. The Hall–Kier alpha value is -2.59. The summed E-state index contributed by atoms with van der Waals surface area (Å²) in [6.45, 7) is 0. The molecule has 0 aliphatic rings. The standard InChI is InChI=1S/C19H15BrN2O/c20-17-11-13(7-10-18(17)22)15-3-1-2-4-16(15)19(23)12-5-8-14(21)9-6-12/h1-11H,21-22H2. The van der Waals surface area contributed by atoms with Crippen LogP contribution in [0.1, 0.15) is 15.9 Å². The molecule has 3 nitrogen and oxygen atoms in total. The summed E-state index contributed by atoms with van der Waals surface area (Å²) in [6, 6.07) is 20.1. The van der Waals surface area contributed by atoms with Gasteiger partial charge >= 0.3 is 0 Å². The lowest BCUT2D eigenvalue weighted by molar-refractivity contribution is 0.103. The number of hydrogen-bond donors (Lipinski definition) is 2. The first-order chi connectivity index (χ1) is 11.1. The molecule has 0 aliphatic heterocycles. The second-order valence-corrected chi connectivity index (χ2v) is 6.09. The maximum Gasteiger partial charge on any atom is 0.193 e. The fourth-order valence-electron chi connectivity index (χ4n) is 2.42. The number of ketones is 1. The van der Waals surface area contributed by atoms with E-state index in [-0.39, 0.29) is 5.78 Å². The minimum absolute atomic E-state index is 0.0338. The molecule has 3 aromatic rings. The topological polar surface area (TPSA) is 69.1 Å². The van der Waals surface area contributed by atoms with Gasteiger partial charge in [0.05, 0.1) is 0 Å². The van der Waals surface area contributed by atoms with Crippen LogP contribution in [0.3, 0.4) is 0 Å². The van der Waals surface area contributed by atoms with E-state index in [9.17, 15) is 4.79 Å². The SMILES string of the molecule is Nc1ccc(C(=O)c2ccccc2-c2ccc(N)c(Br)c2)cc1. The van der Waals surface area contributed by atoms with E-state index in [1.165, 1.54) is 0 Å². The molecule has 0 saturated carbocycles. The second-order valence-electron chi connectivity index (χ2n) is 5.23. The fourth-order valence-corrected chi connectivity index (χ4v) is 2.80. The number of nitrogens with two attached hydrogens (primary N) is 2. The number of carbonyl (C=O) groups is 1. The van der Waals surface area contributed by atoms with Crippen molar-refractivity contribution in [2.45, 2.75) is 0 Å². The summed E-state index contributed by atoms with van der Waals surface area (Å²) in [6.07, 6.45) is 0. The highest BCUT2D eigenvalue weighted by Crippen LogP contribution is 2.30. The van der Waals surface area contributed by atoms with E-state index >= 15 is 0 Å². The molecule has 0 radical (unpaired) electrons. The number of anilines is 2. The lowest BCUT2D eigenvalue weighted by Crippen LogP contribution is -2.03. The first-order valence-electron chi connectivity index (χ1n) is 7.11. The van der Waals surface area contributed by atoms with Crippen LogP contribution in [0.4, 0.5) is 11.4 Å². The van der Waals surface area contributed by atoms with Crippen LogP contribution < -0.4 is 11.5 Å². The van der Waals surface area contributed by atoms with Crippen LogP contribution in [0, 0.1) is 0 Å². The Labute approximate surface area is 143 Å². The van der Waals surface area contributed by atoms with Crippen LogP contribution in [-0.4, -0.2) is 5.78 Å². The number of carbonyl (C=O) groups excluding carboxylic acids is 1. The Morgan fingerprint density at radius 2 is 1.57 bits per heavy atom. The van der Waals surface area contributed by atoms with E-state index in [1.54, 1.807) is 24.3 Å². The Kier molecular flexibility index (Phi) is 4.17. The number of rotatable bonds is 3. The summed E-state index contributed by atoms with van der Waals surface area (Å²) in [7, 11) is 0. The van der Waals surface area contributed by atoms with E-state index < -0.39 is 0 Å². The van der Waals surface area contributed by atoms with Crippen molar-refractivity contribution in [3.8, 4) is 11.1 Å². The Bertz CT molecular complexity index is 873. The van der Waals surface area contributed by atoms with Gasteiger partial charge in [0.1, 0.15) is 0 Å². The fraction of sp³-hybridized carbons (Fsp3) is 0. The highest BCUT2D eigenvalue weighted by Gasteiger charge is 2.14. The molecule has 0 fully saturated rings. The maximum absolute atomic E-state index is 12.8. The molecule has 0 unspecified atom stereocenters. The zero-order valence-corrected chi connectivity index (χ0v) is 13.9. The molecule has 0 heterocycles. The van der Waals surface area contributed by atoms with E-state index in [0.717, 1.165) is 15.6 Å². The molecule has 3 aromatic carbocycles. The first-order valence-corrected chi connectivity index (χ1v) is 7.90. The van der Waals surface area contributed by atoms with Gasteiger partial charge in [-0.15, -0.1) is 0 Å². The molecule has 4 N–H and O–H groups in total. The molecule has 0 spiro atoms. The summed E-state index contributed by atoms with van der Waals surface area (Å²) in [5.41, 5.74) is 15.9. The molecule has 3 rings (SSSR count). The molecular weight excluding hydrogens is 352 g/mol. The van der Waals surface area contributed by atoms with Gasteiger partial charge in [0, 0.05) is 27.0 Å². The van der Waals surface area contributed by atoms with Crippen LogP contribution in [0.5, 0.6) is 0 Å². The summed E-state index contributed by atoms with van der Waals surface area (Å²) < 4.78 is 0.810. The van der Waals surface area contributed by atoms with Crippen LogP contribution in [0.25, 0.3) is 11.1 Å². The van der Waals surface area contributed by atoms with E-state index in [1.807, 2.05) is 42.5 Å². The predicted molar refractivity (Wildman–Crippen MR) is 98.3 cm³/mol. The number of hydrogen-bond acceptors (Lipinski definition) is 3. The minimum Gasteiger partial charge on any atom is -0.399 e. The van der Waals surface area contributed by atoms with Crippen molar-refractivity contribution in [1.82, 2.24) is 0 Å². The zero-order valence-electron chi connectivity index (χ0n) is 12.3. The Morgan fingerprint density at radius 3 is 2.26 bits per heavy atom. The van der Waals surface area contributed by atoms with Crippen molar-refractivity contribution >= 4 is 33.1 Å². The molecule has 0 aromatic heterocycles. The van der Waals surface area contributed by atoms with Crippen LogP contribution in [0.2, 0.25) is 0 Å². The maximum atomic E-state index is 12.8. The predicted octanol–water partition coefficient (Wildman–Crippen LogP) is 4.51. The van der Waals surface area contributed by atoms with E-state index in [2.05, 4.69) is 15.9 Å². The summed E-state index contributed by atoms with van der Waals surface area (Å²) in [4.78, 5) is 12.8. The number of nitrogen functional groups attached to an aromatic ring is 2. The van der Waals surface area contributed by atoms with Gasteiger partial charge in [-0.2, -0.15) is 0 Å². The lowest BCUT2D eigenvalue weighted by atomic mass is 9.94. The first kappa shape index (κ1) is 15.3.